The SMILES string of the molecule is [2H]CC(=O)N[C@H](C(=O)O)C(C)(C)S[Se]c1ccccc1C(=O)Nc1ccccc1. The molecule has 28 heavy (non-hydrogen) atoms. The second-order valence-electron chi connectivity index (χ2n) is 6.43. The molecule has 6 nitrogen and oxygen atoms in total. The van der Waals surface area contributed by atoms with E-state index < -0.39 is 29.6 Å². The van der Waals surface area contributed by atoms with Crippen LogP contribution in [0.2, 0.25) is 0 Å². The first kappa shape index (κ1) is 20.5. The molecule has 0 heterocycles. The average molecular weight is 466 g/mol. The van der Waals surface area contributed by atoms with Crippen LogP contribution in [0.25, 0.3) is 0 Å². The number of carbonyl (C=O) groups excluding carboxylic acids is 2. The van der Waals surface area contributed by atoms with Gasteiger partial charge in [-0.15, -0.1) is 0 Å². The number of carboxylic acid groups (broad SMARTS) is 1. The fourth-order valence-corrected chi connectivity index (χ4v) is 6.99. The molecule has 0 bridgehead atoms. The van der Waals surface area contributed by atoms with Crippen LogP contribution in [-0.2, 0) is 9.59 Å². The molecule has 8 heteroatoms. The van der Waals surface area contributed by atoms with E-state index in [1.165, 1.54) is 10.2 Å². The molecule has 3 N–H and O–H groups in total. The van der Waals surface area contributed by atoms with Crippen LogP contribution in [0.1, 0.15) is 32.5 Å². The van der Waals surface area contributed by atoms with Gasteiger partial charge in [-0.2, -0.15) is 0 Å². The van der Waals surface area contributed by atoms with Gasteiger partial charge in [0.15, 0.2) is 0 Å². The molecule has 2 rings (SSSR count). The summed E-state index contributed by atoms with van der Waals surface area (Å²) in [5.74, 6) is -2.03. The van der Waals surface area contributed by atoms with Crippen LogP contribution in [-0.4, -0.2) is 47.5 Å². The normalized spacial score (nSPS) is 12.6. The Hall–Kier alpha value is -2.28. The van der Waals surface area contributed by atoms with Crippen molar-refractivity contribution in [1.29, 1.82) is 0 Å². The molecule has 0 radical (unpaired) electrons. The molecule has 0 aliphatic carbocycles. The Morgan fingerprint density at radius 3 is 2.39 bits per heavy atom. The van der Waals surface area contributed by atoms with E-state index in [-0.39, 0.29) is 19.7 Å². The summed E-state index contributed by atoms with van der Waals surface area (Å²) in [5, 5.41) is 14.8. The number of carboxylic acids is 1. The van der Waals surface area contributed by atoms with E-state index in [1.54, 1.807) is 38.1 Å². The molecule has 0 spiro atoms. The van der Waals surface area contributed by atoms with Crippen LogP contribution < -0.4 is 15.1 Å². The van der Waals surface area contributed by atoms with Crippen LogP contribution >= 0.6 is 10.2 Å². The quantitative estimate of drug-likeness (QED) is 0.519. The van der Waals surface area contributed by atoms with Gasteiger partial charge in [0.05, 0.1) is 0 Å². The average Bonchev–Trinajstić information content (AvgIpc) is 2.70. The monoisotopic (exact) mass is 467 g/mol. The molecule has 0 fully saturated rings. The molecule has 0 aliphatic heterocycles. The summed E-state index contributed by atoms with van der Waals surface area (Å²) in [5.41, 5.74) is 1.22. The summed E-state index contributed by atoms with van der Waals surface area (Å²) < 4.78 is 7.09. The molecule has 1 atom stereocenters. The van der Waals surface area contributed by atoms with Crippen LogP contribution in [0.5, 0.6) is 0 Å². The van der Waals surface area contributed by atoms with Crippen LogP contribution in [0, 0.1) is 0 Å². The molecule has 2 aromatic rings. The predicted octanol–water partition coefficient (Wildman–Crippen LogP) is 2.28. The van der Waals surface area contributed by atoms with Gasteiger partial charge in [0, 0.05) is 0 Å². The van der Waals surface area contributed by atoms with Gasteiger partial charge >= 0.3 is 175 Å². The van der Waals surface area contributed by atoms with Crippen molar-refractivity contribution in [3.05, 3.63) is 60.2 Å². The maximum absolute atomic E-state index is 12.7. The fraction of sp³-hybridized carbons (Fsp3) is 0.250. The minimum absolute atomic E-state index is 0.232. The number of anilines is 1. The summed E-state index contributed by atoms with van der Waals surface area (Å²) in [7, 11) is 1.38. The number of para-hydroxylation sites is 1. The van der Waals surface area contributed by atoms with Crippen molar-refractivity contribution in [3.8, 4) is 0 Å². The molecule has 0 aliphatic rings. The summed E-state index contributed by atoms with van der Waals surface area (Å²) in [6, 6.07) is 15.2. The van der Waals surface area contributed by atoms with E-state index in [1.807, 2.05) is 30.3 Å². The number of amides is 2. The zero-order valence-electron chi connectivity index (χ0n) is 16.5. The molecule has 0 saturated heterocycles. The summed E-state index contributed by atoms with van der Waals surface area (Å²) in [4.78, 5) is 35.9. The first-order valence-electron chi connectivity index (χ1n) is 9.08. The molecular formula is C20H22N2O4SSe. The number of hydrogen-bond acceptors (Lipinski definition) is 4. The van der Waals surface area contributed by atoms with Crippen molar-refractivity contribution in [2.24, 2.45) is 0 Å². The number of aliphatic carboxylic acids is 1. The topological polar surface area (TPSA) is 95.5 Å². The minimum atomic E-state index is -1.16. The Bertz CT molecular complexity index is 880. The van der Waals surface area contributed by atoms with E-state index in [0.717, 1.165) is 4.46 Å². The van der Waals surface area contributed by atoms with Gasteiger partial charge in [0.1, 0.15) is 0 Å². The van der Waals surface area contributed by atoms with Crippen molar-refractivity contribution in [1.82, 2.24) is 5.32 Å². The molecule has 2 aromatic carbocycles. The van der Waals surface area contributed by atoms with E-state index >= 15 is 0 Å². The maximum atomic E-state index is 12.7. The molecule has 2 amide bonds. The Morgan fingerprint density at radius 1 is 1.11 bits per heavy atom. The third-order valence-electron chi connectivity index (χ3n) is 3.76. The Balaban J connectivity index is 2.14. The number of hydrogen-bond donors (Lipinski definition) is 3. The predicted molar refractivity (Wildman–Crippen MR) is 113 cm³/mol. The van der Waals surface area contributed by atoms with Crippen molar-refractivity contribution < 1.29 is 20.9 Å². The van der Waals surface area contributed by atoms with Gasteiger partial charge in [-0.25, -0.2) is 0 Å². The second kappa shape index (κ2) is 9.78. The van der Waals surface area contributed by atoms with Gasteiger partial charge in [-0.3, -0.25) is 0 Å². The van der Waals surface area contributed by atoms with Crippen molar-refractivity contribution in [3.63, 3.8) is 0 Å². The zero-order valence-corrected chi connectivity index (χ0v) is 18.0. The summed E-state index contributed by atoms with van der Waals surface area (Å²) in [6.45, 7) is 2.93. The fourth-order valence-electron chi connectivity index (χ4n) is 2.34. The third kappa shape index (κ3) is 6.12. The first-order valence-corrected chi connectivity index (χ1v) is 12.1. The summed E-state index contributed by atoms with van der Waals surface area (Å²) in [6.07, 6.45) is 0. The molecule has 0 saturated carbocycles. The molecule has 0 aromatic heterocycles. The van der Waals surface area contributed by atoms with Crippen molar-refractivity contribution in [2.75, 3.05) is 5.32 Å². The standard InChI is InChI=1S/C20H22N2O4SSe/c1-13(23)21-17(19(25)26)20(2,3)27-28-16-12-8-7-11-15(16)18(24)22-14-9-5-4-6-10-14/h4-12,17H,1-3H3,(H,21,23)(H,22,24)(H,25,26)/t17-/m1/s1/i1D. The van der Waals surface area contributed by atoms with E-state index in [9.17, 15) is 19.5 Å². The van der Waals surface area contributed by atoms with Gasteiger partial charge in [-0.1, -0.05) is 0 Å². The van der Waals surface area contributed by atoms with Gasteiger partial charge in [-0.05, 0) is 0 Å². The number of carbonyl (C=O) groups is 3. The van der Waals surface area contributed by atoms with Crippen LogP contribution in [0.15, 0.2) is 54.6 Å². The number of benzene rings is 2. The Kier molecular flexibility index (Phi) is 7.14. The van der Waals surface area contributed by atoms with Gasteiger partial charge < -0.3 is 0 Å². The summed E-state index contributed by atoms with van der Waals surface area (Å²) >= 11 is -0.284. The van der Waals surface area contributed by atoms with Crippen molar-refractivity contribution in [2.45, 2.75) is 31.5 Å². The van der Waals surface area contributed by atoms with Gasteiger partial charge in [0.25, 0.3) is 0 Å². The van der Waals surface area contributed by atoms with Crippen LogP contribution in [0.3, 0.4) is 0 Å². The van der Waals surface area contributed by atoms with Crippen molar-refractivity contribution >= 4 is 51.9 Å². The Labute approximate surface area is 175 Å². The van der Waals surface area contributed by atoms with E-state index in [2.05, 4.69) is 10.6 Å². The van der Waals surface area contributed by atoms with E-state index in [0.29, 0.717) is 11.3 Å². The van der Waals surface area contributed by atoms with Crippen LogP contribution in [0.4, 0.5) is 5.69 Å². The molecule has 148 valence electrons. The molecule has 0 unspecified atom stereocenters. The third-order valence-corrected chi connectivity index (χ3v) is 9.79. The van der Waals surface area contributed by atoms with E-state index in [4.69, 9.17) is 1.37 Å². The zero-order chi connectivity index (χ0) is 21.4. The Morgan fingerprint density at radius 2 is 1.75 bits per heavy atom. The second-order valence-corrected chi connectivity index (χ2v) is 10.8. The van der Waals surface area contributed by atoms with Gasteiger partial charge in [0.2, 0.25) is 0 Å². The number of nitrogens with one attached hydrogen (secondary N) is 2. The molecular weight excluding hydrogens is 443 g/mol. The number of rotatable bonds is 8. The first-order chi connectivity index (χ1) is 13.7.